The number of hydrogen-bond acceptors (Lipinski definition) is 6. The Morgan fingerprint density at radius 1 is 1.04 bits per heavy atom. The topological polar surface area (TPSA) is 119 Å². The molecule has 2 aromatic rings. The van der Waals surface area contributed by atoms with Crippen molar-refractivity contribution in [3.63, 3.8) is 0 Å². The minimum atomic E-state index is -1.22. The summed E-state index contributed by atoms with van der Waals surface area (Å²) in [7, 11) is 0. The summed E-state index contributed by atoms with van der Waals surface area (Å²) in [6, 6.07) is 15.0. The molecule has 1 atom stereocenters. The maximum atomic E-state index is 10.3. The summed E-state index contributed by atoms with van der Waals surface area (Å²) in [5, 5.41) is 38.2. The van der Waals surface area contributed by atoms with Crippen LogP contribution in [0.3, 0.4) is 0 Å². The molecule has 0 bridgehead atoms. The largest absolute Gasteiger partial charge is 0.513 e. The minimum Gasteiger partial charge on any atom is -0.513 e. The van der Waals surface area contributed by atoms with E-state index in [2.05, 4.69) is 4.99 Å². The van der Waals surface area contributed by atoms with E-state index in [-0.39, 0.29) is 6.42 Å². The fourth-order valence-electron chi connectivity index (χ4n) is 2.79. The average molecular weight is 384 g/mol. The van der Waals surface area contributed by atoms with E-state index in [4.69, 9.17) is 5.73 Å². The van der Waals surface area contributed by atoms with Crippen molar-refractivity contribution in [1.29, 1.82) is 0 Å². The second-order valence-electron chi connectivity index (χ2n) is 6.83. The Kier molecular flexibility index (Phi) is 7.90. The summed E-state index contributed by atoms with van der Waals surface area (Å²) >= 11 is 0. The zero-order valence-electron chi connectivity index (χ0n) is 16.0. The van der Waals surface area contributed by atoms with Crippen molar-refractivity contribution in [3.8, 4) is 11.1 Å². The highest BCUT2D eigenvalue weighted by Gasteiger charge is 2.27. The first-order valence-corrected chi connectivity index (χ1v) is 9.22. The Bertz CT molecular complexity index is 794. The molecule has 0 aliphatic rings. The molecule has 0 aliphatic carbocycles. The molecule has 0 aromatic heterocycles. The van der Waals surface area contributed by atoms with Crippen LogP contribution < -0.4 is 5.73 Å². The number of hydrogen-bond donors (Lipinski definition) is 5. The third-order valence-electron chi connectivity index (χ3n) is 4.57. The highest BCUT2D eigenvalue weighted by molar-refractivity contribution is 5.75. The van der Waals surface area contributed by atoms with Crippen LogP contribution >= 0.6 is 0 Å². The molecule has 0 heterocycles. The second-order valence-corrected chi connectivity index (χ2v) is 6.83. The molecule has 0 saturated carbocycles. The van der Waals surface area contributed by atoms with Gasteiger partial charge in [0.2, 0.25) is 0 Å². The SMILES string of the molecule is CCC=N/C(=C\O)c1ccc(-c2ccc(C(O)CC(N)(CO)CO)cc2)cc1. The molecule has 0 radical (unpaired) electrons. The van der Waals surface area contributed by atoms with Gasteiger partial charge in [-0.2, -0.15) is 0 Å². The zero-order valence-corrected chi connectivity index (χ0v) is 16.0. The first-order valence-electron chi connectivity index (χ1n) is 9.22. The van der Waals surface area contributed by atoms with E-state index in [0.29, 0.717) is 11.3 Å². The molecule has 0 aliphatic heterocycles. The van der Waals surface area contributed by atoms with Gasteiger partial charge in [0.1, 0.15) is 12.0 Å². The molecular weight excluding hydrogens is 356 g/mol. The standard InChI is InChI=1S/C22H28N2O4/c1-2-11-24-20(13-25)18-7-3-16(4-8-18)17-5-9-19(10-6-17)21(28)12-22(23,14-26)15-27/h3-11,13,21,25-28H,2,12,14-15,23H2,1H3/b20-13-,24-11?. The number of nitrogens with zero attached hydrogens (tertiary/aromatic N) is 1. The maximum Gasteiger partial charge on any atom is 0.105 e. The fraction of sp³-hybridized carbons (Fsp3) is 0.318. The third-order valence-corrected chi connectivity index (χ3v) is 4.57. The van der Waals surface area contributed by atoms with Crippen LogP contribution in [0.2, 0.25) is 0 Å². The molecular formula is C22H28N2O4. The van der Waals surface area contributed by atoms with E-state index in [1.165, 1.54) is 0 Å². The Morgan fingerprint density at radius 2 is 1.57 bits per heavy atom. The highest BCUT2D eigenvalue weighted by atomic mass is 16.3. The monoisotopic (exact) mass is 384 g/mol. The van der Waals surface area contributed by atoms with Gasteiger partial charge in [-0.3, -0.25) is 4.99 Å². The van der Waals surface area contributed by atoms with Gasteiger partial charge in [0.25, 0.3) is 0 Å². The van der Waals surface area contributed by atoms with Gasteiger partial charge >= 0.3 is 0 Å². The normalized spacial score (nSPS) is 13.8. The van der Waals surface area contributed by atoms with Gasteiger partial charge in [0, 0.05) is 11.8 Å². The molecule has 150 valence electrons. The van der Waals surface area contributed by atoms with Crippen LogP contribution in [0.4, 0.5) is 0 Å². The Hall–Kier alpha value is -2.51. The quantitative estimate of drug-likeness (QED) is 0.336. The van der Waals surface area contributed by atoms with Crippen LogP contribution in [0.5, 0.6) is 0 Å². The van der Waals surface area contributed by atoms with Gasteiger partial charge in [0.15, 0.2) is 0 Å². The van der Waals surface area contributed by atoms with Crippen LogP contribution in [-0.2, 0) is 0 Å². The van der Waals surface area contributed by atoms with Crippen LogP contribution in [0.25, 0.3) is 16.8 Å². The summed E-state index contributed by atoms with van der Waals surface area (Å²) in [4.78, 5) is 4.22. The molecule has 0 spiro atoms. The summed E-state index contributed by atoms with van der Waals surface area (Å²) < 4.78 is 0. The van der Waals surface area contributed by atoms with Crippen molar-refractivity contribution < 1.29 is 20.4 Å². The number of aliphatic imine (C=N–C) groups is 1. The van der Waals surface area contributed by atoms with E-state index in [1.807, 2.05) is 43.3 Å². The maximum absolute atomic E-state index is 10.3. The van der Waals surface area contributed by atoms with Crippen molar-refractivity contribution in [2.24, 2.45) is 10.7 Å². The Labute approximate surface area is 165 Å². The van der Waals surface area contributed by atoms with Gasteiger partial charge in [0.05, 0.1) is 24.9 Å². The van der Waals surface area contributed by atoms with Crippen LogP contribution in [0.15, 0.2) is 59.8 Å². The molecule has 2 rings (SSSR count). The van der Waals surface area contributed by atoms with Crippen LogP contribution in [0.1, 0.15) is 37.0 Å². The minimum absolute atomic E-state index is 0.0581. The highest BCUT2D eigenvalue weighted by Crippen LogP contribution is 2.27. The van der Waals surface area contributed by atoms with Crippen molar-refractivity contribution in [2.45, 2.75) is 31.4 Å². The fourth-order valence-corrected chi connectivity index (χ4v) is 2.79. The molecule has 1 unspecified atom stereocenters. The Balaban J connectivity index is 2.14. The first kappa shape index (κ1) is 21.8. The summed E-state index contributed by atoms with van der Waals surface area (Å²) in [6.07, 6.45) is 2.70. The van der Waals surface area contributed by atoms with E-state index < -0.39 is 24.9 Å². The molecule has 6 N–H and O–H groups in total. The Morgan fingerprint density at radius 3 is 2.04 bits per heavy atom. The van der Waals surface area contributed by atoms with Crippen LogP contribution in [-0.4, -0.2) is 45.4 Å². The van der Waals surface area contributed by atoms with E-state index in [9.17, 15) is 20.4 Å². The number of rotatable bonds is 9. The van der Waals surface area contributed by atoms with Gasteiger partial charge in [-0.15, -0.1) is 0 Å². The molecule has 6 nitrogen and oxygen atoms in total. The molecule has 0 saturated heterocycles. The smallest absolute Gasteiger partial charge is 0.105 e. The second kappa shape index (κ2) is 10.1. The molecule has 6 heteroatoms. The first-order chi connectivity index (χ1) is 13.5. The lowest BCUT2D eigenvalue weighted by molar-refractivity contribution is 0.0618. The van der Waals surface area contributed by atoms with Crippen molar-refractivity contribution >= 4 is 11.9 Å². The van der Waals surface area contributed by atoms with E-state index >= 15 is 0 Å². The van der Waals surface area contributed by atoms with Crippen molar-refractivity contribution in [2.75, 3.05) is 13.2 Å². The number of nitrogens with two attached hydrogens (primary N) is 1. The third kappa shape index (κ3) is 5.50. The summed E-state index contributed by atoms with van der Waals surface area (Å²) in [5.74, 6) is 0. The number of benzene rings is 2. The number of aliphatic hydroxyl groups excluding tert-OH is 4. The van der Waals surface area contributed by atoms with E-state index in [1.54, 1.807) is 18.3 Å². The van der Waals surface area contributed by atoms with Gasteiger partial charge in [-0.05, 0) is 29.5 Å². The van der Waals surface area contributed by atoms with Gasteiger partial charge in [-0.25, -0.2) is 0 Å². The average Bonchev–Trinajstić information content (AvgIpc) is 2.74. The summed E-state index contributed by atoms with van der Waals surface area (Å²) in [6.45, 7) is 1.17. The van der Waals surface area contributed by atoms with Gasteiger partial charge < -0.3 is 26.2 Å². The predicted octanol–water partition coefficient (Wildman–Crippen LogP) is 2.80. The van der Waals surface area contributed by atoms with Gasteiger partial charge in [-0.1, -0.05) is 55.5 Å². The summed E-state index contributed by atoms with van der Waals surface area (Å²) in [5.41, 5.74) is 8.57. The van der Waals surface area contributed by atoms with Crippen molar-refractivity contribution in [1.82, 2.24) is 0 Å². The molecule has 0 fully saturated rings. The molecule has 28 heavy (non-hydrogen) atoms. The molecule has 0 amide bonds. The molecule has 2 aromatic carbocycles. The van der Waals surface area contributed by atoms with E-state index in [0.717, 1.165) is 29.4 Å². The zero-order chi connectivity index (χ0) is 20.6. The van der Waals surface area contributed by atoms with Crippen molar-refractivity contribution in [3.05, 3.63) is 65.9 Å². The lowest BCUT2D eigenvalue weighted by atomic mass is 9.91. The lowest BCUT2D eigenvalue weighted by Gasteiger charge is -2.27. The lowest BCUT2D eigenvalue weighted by Crippen LogP contribution is -2.48. The predicted molar refractivity (Wildman–Crippen MR) is 112 cm³/mol. The number of aliphatic hydroxyl groups is 4. The van der Waals surface area contributed by atoms with Crippen LogP contribution in [0, 0.1) is 0 Å².